The van der Waals surface area contributed by atoms with Crippen molar-refractivity contribution < 1.29 is 0 Å². The van der Waals surface area contributed by atoms with E-state index in [-0.39, 0.29) is 0 Å². The summed E-state index contributed by atoms with van der Waals surface area (Å²) in [6.45, 7) is 2.20. The second-order valence-corrected chi connectivity index (χ2v) is 4.00. The fourth-order valence-electron chi connectivity index (χ4n) is 2.30. The van der Waals surface area contributed by atoms with Crippen molar-refractivity contribution >= 4 is 5.82 Å². The zero-order valence-corrected chi connectivity index (χ0v) is 7.43. The highest BCUT2D eigenvalue weighted by Gasteiger charge is 2.53. The number of hydrogen-bond acceptors (Lipinski definition) is 3. The molecule has 0 radical (unpaired) electrons. The Hall–Kier alpha value is -1.09. The number of aromatic nitrogens is 1. The van der Waals surface area contributed by atoms with Crippen LogP contribution >= 0.6 is 0 Å². The van der Waals surface area contributed by atoms with Crippen LogP contribution in [-0.4, -0.2) is 24.1 Å². The van der Waals surface area contributed by atoms with Crippen LogP contribution in [0.5, 0.6) is 0 Å². The molecule has 1 aromatic rings. The fraction of sp³-hybridized carbons (Fsp3) is 0.500. The summed E-state index contributed by atoms with van der Waals surface area (Å²) in [6, 6.07) is 6.52. The predicted octanol–water partition coefficient (Wildman–Crippen LogP) is 0.475. The molecule has 3 nitrogen and oxygen atoms in total. The molecule has 1 saturated carbocycles. The average Bonchev–Trinajstić information content (AvgIpc) is 2.67. The molecular formula is C10H13N3. The van der Waals surface area contributed by atoms with Crippen LogP contribution in [0.2, 0.25) is 0 Å². The topological polar surface area (TPSA) is 42.1 Å². The van der Waals surface area contributed by atoms with E-state index in [4.69, 9.17) is 5.73 Å². The first kappa shape index (κ1) is 7.33. The van der Waals surface area contributed by atoms with E-state index in [9.17, 15) is 0 Å². The first-order chi connectivity index (χ1) is 6.36. The Morgan fingerprint density at radius 2 is 2.08 bits per heavy atom. The van der Waals surface area contributed by atoms with Crippen molar-refractivity contribution in [3.05, 3.63) is 24.4 Å². The molecule has 1 aliphatic carbocycles. The zero-order chi connectivity index (χ0) is 8.84. The van der Waals surface area contributed by atoms with Gasteiger partial charge in [-0.2, -0.15) is 0 Å². The normalized spacial score (nSPS) is 36.1. The quantitative estimate of drug-likeness (QED) is 0.675. The van der Waals surface area contributed by atoms with E-state index in [1.54, 1.807) is 0 Å². The third-order valence-electron chi connectivity index (χ3n) is 3.23. The number of hydrogen-bond donors (Lipinski definition) is 1. The van der Waals surface area contributed by atoms with E-state index in [1.165, 1.54) is 0 Å². The van der Waals surface area contributed by atoms with Crippen molar-refractivity contribution in [1.82, 2.24) is 4.98 Å². The number of nitrogens with two attached hydrogens (primary N) is 1. The van der Waals surface area contributed by atoms with Gasteiger partial charge in [-0.1, -0.05) is 6.07 Å². The second-order valence-electron chi connectivity index (χ2n) is 4.00. The van der Waals surface area contributed by atoms with E-state index in [0.717, 1.165) is 30.7 Å². The SMILES string of the molecule is NC1[C@H]2CN(c3ccccn3)C[C@@H]12. The molecule has 2 aliphatic rings. The molecule has 2 fully saturated rings. The van der Waals surface area contributed by atoms with Crippen molar-refractivity contribution in [2.75, 3.05) is 18.0 Å². The highest BCUT2D eigenvalue weighted by molar-refractivity contribution is 5.42. The van der Waals surface area contributed by atoms with Crippen LogP contribution in [0.1, 0.15) is 0 Å². The standard InChI is InChI=1S/C10H13N3/c11-10-7-5-13(6-8(7)10)9-3-1-2-4-12-9/h1-4,7-8,10H,5-6,11H2/t7-,8+,10?. The van der Waals surface area contributed by atoms with E-state index in [1.807, 2.05) is 18.3 Å². The Balaban J connectivity index is 1.76. The summed E-state index contributed by atoms with van der Waals surface area (Å²) < 4.78 is 0. The van der Waals surface area contributed by atoms with Gasteiger partial charge >= 0.3 is 0 Å². The smallest absolute Gasteiger partial charge is 0.128 e. The maximum Gasteiger partial charge on any atom is 0.128 e. The van der Waals surface area contributed by atoms with E-state index in [0.29, 0.717) is 6.04 Å². The highest BCUT2D eigenvalue weighted by Crippen LogP contribution is 2.44. The van der Waals surface area contributed by atoms with E-state index in [2.05, 4.69) is 16.0 Å². The molecule has 68 valence electrons. The molecule has 0 aromatic carbocycles. The van der Waals surface area contributed by atoms with Crippen LogP contribution in [-0.2, 0) is 0 Å². The maximum atomic E-state index is 5.86. The van der Waals surface area contributed by atoms with E-state index < -0.39 is 0 Å². The molecule has 1 aliphatic heterocycles. The number of anilines is 1. The zero-order valence-electron chi connectivity index (χ0n) is 7.43. The number of rotatable bonds is 1. The summed E-state index contributed by atoms with van der Waals surface area (Å²) in [7, 11) is 0. The van der Waals surface area contributed by atoms with Gasteiger partial charge in [0, 0.05) is 25.3 Å². The van der Waals surface area contributed by atoms with Gasteiger partial charge in [-0.3, -0.25) is 0 Å². The average molecular weight is 175 g/mol. The molecule has 0 bridgehead atoms. The monoisotopic (exact) mass is 175 g/mol. The van der Waals surface area contributed by atoms with Crippen molar-refractivity contribution in [2.45, 2.75) is 6.04 Å². The molecule has 0 spiro atoms. The molecule has 2 heterocycles. The molecule has 1 saturated heterocycles. The lowest BCUT2D eigenvalue weighted by molar-refractivity contribution is 0.735. The van der Waals surface area contributed by atoms with Crippen LogP contribution in [0.3, 0.4) is 0 Å². The van der Waals surface area contributed by atoms with Crippen LogP contribution < -0.4 is 10.6 Å². The lowest BCUT2D eigenvalue weighted by Crippen LogP contribution is -2.28. The van der Waals surface area contributed by atoms with Crippen molar-refractivity contribution in [1.29, 1.82) is 0 Å². The third-order valence-corrected chi connectivity index (χ3v) is 3.23. The van der Waals surface area contributed by atoms with Crippen LogP contribution in [0.25, 0.3) is 0 Å². The first-order valence-electron chi connectivity index (χ1n) is 4.78. The molecule has 1 aromatic heterocycles. The predicted molar refractivity (Wildman–Crippen MR) is 51.4 cm³/mol. The maximum absolute atomic E-state index is 5.86. The Morgan fingerprint density at radius 3 is 2.69 bits per heavy atom. The van der Waals surface area contributed by atoms with Gasteiger partial charge in [-0.05, 0) is 24.0 Å². The van der Waals surface area contributed by atoms with Crippen molar-refractivity contribution in [3.63, 3.8) is 0 Å². The van der Waals surface area contributed by atoms with Gasteiger partial charge in [0.05, 0.1) is 0 Å². The second kappa shape index (κ2) is 2.45. The fourth-order valence-corrected chi connectivity index (χ4v) is 2.30. The minimum Gasteiger partial charge on any atom is -0.356 e. The van der Waals surface area contributed by atoms with Gasteiger partial charge in [0.25, 0.3) is 0 Å². The molecule has 13 heavy (non-hydrogen) atoms. The summed E-state index contributed by atoms with van der Waals surface area (Å²) in [4.78, 5) is 6.66. The summed E-state index contributed by atoms with van der Waals surface area (Å²) in [6.07, 6.45) is 1.85. The lowest BCUT2D eigenvalue weighted by Gasteiger charge is -2.19. The Labute approximate surface area is 77.6 Å². The first-order valence-corrected chi connectivity index (χ1v) is 4.78. The van der Waals surface area contributed by atoms with E-state index >= 15 is 0 Å². The minimum atomic E-state index is 0.472. The minimum absolute atomic E-state index is 0.472. The van der Waals surface area contributed by atoms with Crippen LogP contribution in [0.4, 0.5) is 5.82 Å². The number of piperidine rings is 1. The number of fused-ring (bicyclic) bond motifs is 1. The van der Waals surface area contributed by atoms with Crippen LogP contribution in [0.15, 0.2) is 24.4 Å². The summed E-state index contributed by atoms with van der Waals surface area (Å²) in [5.74, 6) is 2.57. The van der Waals surface area contributed by atoms with Crippen LogP contribution in [0, 0.1) is 11.8 Å². The van der Waals surface area contributed by atoms with Gasteiger partial charge in [0.1, 0.15) is 5.82 Å². The summed E-state index contributed by atoms with van der Waals surface area (Å²) >= 11 is 0. The molecule has 0 amide bonds. The largest absolute Gasteiger partial charge is 0.356 e. The summed E-state index contributed by atoms with van der Waals surface area (Å²) in [5.41, 5.74) is 5.86. The van der Waals surface area contributed by atoms with Crippen molar-refractivity contribution in [2.24, 2.45) is 17.6 Å². The van der Waals surface area contributed by atoms with Gasteiger partial charge in [-0.25, -0.2) is 4.98 Å². The van der Waals surface area contributed by atoms with Gasteiger partial charge < -0.3 is 10.6 Å². The molecule has 3 rings (SSSR count). The Morgan fingerprint density at radius 1 is 1.31 bits per heavy atom. The Bertz CT molecular complexity index is 299. The summed E-state index contributed by atoms with van der Waals surface area (Å²) in [5, 5.41) is 0. The molecule has 2 N–H and O–H groups in total. The molecule has 3 heteroatoms. The van der Waals surface area contributed by atoms with Gasteiger partial charge in [-0.15, -0.1) is 0 Å². The number of pyridine rings is 1. The lowest BCUT2D eigenvalue weighted by atomic mass is 10.3. The van der Waals surface area contributed by atoms with Gasteiger partial charge in [0.15, 0.2) is 0 Å². The molecule has 1 unspecified atom stereocenters. The van der Waals surface area contributed by atoms with Gasteiger partial charge in [0.2, 0.25) is 0 Å². The highest BCUT2D eigenvalue weighted by atomic mass is 15.2. The molecule has 3 atom stereocenters. The van der Waals surface area contributed by atoms with Crippen molar-refractivity contribution in [3.8, 4) is 0 Å². The third kappa shape index (κ3) is 1.04. The Kier molecular flexibility index (Phi) is 1.38. The number of nitrogens with zero attached hydrogens (tertiary/aromatic N) is 2. The molecular weight excluding hydrogens is 162 g/mol.